The summed E-state index contributed by atoms with van der Waals surface area (Å²) >= 11 is 0. The van der Waals surface area contributed by atoms with Crippen LogP contribution < -0.4 is 10.2 Å². The van der Waals surface area contributed by atoms with Crippen LogP contribution in [-0.4, -0.2) is 41.6 Å². The Hall–Kier alpha value is -3.19. The second-order valence-corrected chi connectivity index (χ2v) is 6.89. The topological polar surface area (TPSA) is 76.5 Å². The van der Waals surface area contributed by atoms with Gasteiger partial charge in [0.25, 0.3) is 5.91 Å². The Kier molecular flexibility index (Phi) is 4.83. The van der Waals surface area contributed by atoms with Crippen molar-refractivity contribution in [3.05, 3.63) is 54.1 Å². The molecule has 28 heavy (non-hydrogen) atoms. The van der Waals surface area contributed by atoms with Crippen molar-refractivity contribution < 1.29 is 14.3 Å². The third-order valence-corrected chi connectivity index (χ3v) is 4.91. The summed E-state index contributed by atoms with van der Waals surface area (Å²) in [5.74, 6) is 0.222. The van der Waals surface area contributed by atoms with Crippen molar-refractivity contribution in [2.24, 2.45) is 0 Å². The predicted molar refractivity (Wildman–Crippen MR) is 107 cm³/mol. The van der Waals surface area contributed by atoms with Gasteiger partial charge in [0, 0.05) is 12.8 Å². The molecule has 3 aromatic rings. The van der Waals surface area contributed by atoms with E-state index in [1.807, 2.05) is 60.0 Å². The van der Waals surface area contributed by atoms with Crippen molar-refractivity contribution in [2.45, 2.75) is 19.4 Å². The van der Waals surface area contributed by atoms with E-state index in [1.165, 1.54) is 0 Å². The van der Waals surface area contributed by atoms with E-state index < -0.39 is 6.04 Å². The Balaban J connectivity index is 1.62. The van der Waals surface area contributed by atoms with Gasteiger partial charge < -0.3 is 10.1 Å². The number of methoxy groups -OCH3 is 1. The maximum atomic E-state index is 13.0. The number of aromatic nitrogens is 2. The van der Waals surface area contributed by atoms with Gasteiger partial charge in [-0.05, 0) is 31.2 Å². The average Bonchev–Trinajstić information content (AvgIpc) is 3.17. The van der Waals surface area contributed by atoms with Crippen molar-refractivity contribution in [3.63, 3.8) is 0 Å². The van der Waals surface area contributed by atoms with Gasteiger partial charge in [0.15, 0.2) is 0 Å². The van der Waals surface area contributed by atoms with E-state index in [0.29, 0.717) is 24.8 Å². The molecule has 0 saturated heterocycles. The number of fused-ring (bicyclic) bond motifs is 3. The summed E-state index contributed by atoms with van der Waals surface area (Å²) in [6.45, 7) is 2.79. The van der Waals surface area contributed by atoms with Crippen LogP contribution in [-0.2, 0) is 14.3 Å². The van der Waals surface area contributed by atoms with Gasteiger partial charge in [-0.1, -0.05) is 29.8 Å². The third-order valence-electron chi connectivity index (χ3n) is 4.91. The lowest BCUT2D eigenvalue weighted by Gasteiger charge is -2.15. The number of amides is 2. The first kappa shape index (κ1) is 18.2. The van der Waals surface area contributed by atoms with Crippen molar-refractivity contribution in [2.75, 3.05) is 30.5 Å². The monoisotopic (exact) mass is 378 g/mol. The predicted octanol–water partition coefficient (Wildman–Crippen LogP) is 2.91. The molecule has 7 heteroatoms. The lowest BCUT2D eigenvalue weighted by Crippen LogP contribution is -2.33. The minimum absolute atomic E-state index is 0.0452. The molecule has 1 aromatic heterocycles. The van der Waals surface area contributed by atoms with Crippen molar-refractivity contribution in [1.29, 1.82) is 0 Å². The number of hydrogen-bond acceptors (Lipinski definition) is 4. The van der Waals surface area contributed by atoms with E-state index >= 15 is 0 Å². The van der Waals surface area contributed by atoms with E-state index in [-0.39, 0.29) is 18.2 Å². The van der Waals surface area contributed by atoms with Gasteiger partial charge in [-0.15, -0.1) is 0 Å². The Morgan fingerprint density at radius 3 is 2.68 bits per heavy atom. The number of hydrogen-bond donors (Lipinski definition) is 1. The molecule has 0 spiro atoms. The number of anilines is 2. The number of benzene rings is 2. The summed E-state index contributed by atoms with van der Waals surface area (Å²) in [5.41, 5.74) is 3.48. The summed E-state index contributed by atoms with van der Waals surface area (Å²) < 4.78 is 7.00. The molecule has 1 aliphatic rings. The number of aryl methyl sites for hydroxylation is 1. The summed E-state index contributed by atoms with van der Waals surface area (Å²) in [4.78, 5) is 31.9. The number of nitrogens with zero attached hydrogens (tertiary/aromatic N) is 3. The summed E-state index contributed by atoms with van der Waals surface area (Å²) in [5, 5.41) is 2.88. The highest BCUT2D eigenvalue weighted by Gasteiger charge is 2.40. The van der Waals surface area contributed by atoms with E-state index in [2.05, 4.69) is 10.3 Å². The maximum Gasteiger partial charge on any atom is 0.253 e. The molecule has 0 bridgehead atoms. The van der Waals surface area contributed by atoms with Crippen LogP contribution in [0.15, 0.2) is 48.5 Å². The molecule has 0 radical (unpaired) electrons. The summed E-state index contributed by atoms with van der Waals surface area (Å²) in [6.07, 6.45) is 0.0452. The van der Waals surface area contributed by atoms with Crippen LogP contribution in [0, 0.1) is 6.92 Å². The van der Waals surface area contributed by atoms with E-state index in [4.69, 9.17) is 4.74 Å². The number of para-hydroxylation sites is 2. The lowest BCUT2D eigenvalue weighted by atomic mass is 10.1. The number of carbonyl (C=O) groups is 2. The van der Waals surface area contributed by atoms with Gasteiger partial charge in [-0.25, -0.2) is 4.98 Å². The van der Waals surface area contributed by atoms with E-state index in [0.717, 1.165) is 16.6 Å². The van der Waals surface area contributed by atoms with Crippen LogP contribution in [0.5, 0.6) is 0 Å². The second kappa shape index (κ2) is 7.44. The van der Waals surface area contributed by atoms with Crippen LogP contribution in [0.25, 0.3) is 11.0 Å². The van der Waals surface area contributed by atoms with Crippen LogP contribution in [0.4, 0.5) is 11.6 Å². The number of ether oxygens (including phenoxy) is 1. The molecule has 0 fully saturated rings. The molecule has 0 unspecified atom stereocenters. The van der Waals surface area contributed by atoms with Crippen molar-refractivity contribution >= 4 is 34.5 Å². The smallest absolute Gasteiger partial charge is 0.253 e. The molecule has 1 atom stereocenters. The minimum atomic E-state index is -0.621. The zero-order valence-electron chi connectivity index (χ0n) is 15.9. The minimum Gasteiger partial charge on any atom is -0.383 e. The first-order valence-corrected chi connectivity index (χ1v) is 9.22. The van der Waals surface area contributed by atoms with Gasteiger partial charge in [-0.2, -0.15) is 0 Å². The number of rotatable bonds is 6. The van der Waals surface area contributed by atoms with Gasteiger partial charge >= 0.3 is 0 Å². The fraction of sp³-hybridized carbons (Fsp3) is 0.286. The Labute approximate surface area is 162 Å². The average molecular weight is 378 g/mol. The number of nitrogens with one attached hydrogen (secondary N) is 1. The zero-order chi connectivity index (χ0) is 19.7. The highest BCUT2D eigenvalue weighted by molar-refractivity contribution is 6.05. The first-order valence-electron chi connectivity index (χ1n) is 9.22. The van der Waals surface area contributed by atoms with Crippen LogP contribution in [0.1, 0.15) is 18.0 Å². The van der Waals surface area contributed by atoms with E-state index in [1.54, 1.807) is 12.0 Å². The normalized spacial score (nSPS) is 15.9. The number of carbonyl (C=O) groups excluding carboxylic acids is 2. The van der Waals surface area contributed by atoms with Crippen LogP contribution in [0.3, 0.4) is 0 Å². The first-order chi connectivity index (χ1) is 13.6. The molecule has 4 rings (SSSR count). The standard InChI is InChI=1S/C21H22N4O3/c1-14-7-9-15(10-8-14)22-19(26)13-18-20(27)24(11-12-28-2)21-23-16-5-3-4-6-17(16)25(18)21/h3-10,18H,11-13H2,1-2H3,(H,22,26)/t18-/m0/s1. The molecule has 1 aliphatic heterocycles. The molecule has 0 saturated carbocycles. The maximum absolute atomic E-state index is 13.0. The van der Waals surface area contributed by atoms with Crippen molar-refractivity contribution in [3.8, 4) is 0 Å². The molecular formula is C21H22N4O3. The Bertz CT molecular complexity index is 1030. The largest absolute Gasteiger partial charge is 0.383 e. The molecule has 7 nitrogen and oxygen atoms in total. The second-order valence-electron chi connectivity index (χ2n) is 6.89. The SMILES string of the molecule is COCCN1C(=O)[C@H](CC(=O)Nc2ccc(C)cc2)n2c1nc1ccccc12. The molecule has 1 N–H and O–H groups in total. The molecule has 0 aliphatic carbocycles. The molecule has 2 aromatic carbocycles. The quantitative estimate of drug-likeness (QED) is 0.716. The molecule has 144 valence electrons. The molecule has 2 amide bonds. The number of imidazole rings is 1. The fourth-order valence-corrected chi connectivity index (χ4v) is 3.51. The van der Waals surface area contributed by atoms with Gasteiger partial charge in [0.05, 0.1) is 30.6 Å². The van der Waals surface area contributed by atoms with Crippen LogP contribution >= 0.6 is 0 Å². The third kappa shape index (κ3) is 3.25. The summed E-state index contributed by atoms with van der Waals surface area (Å²) in [7, 11) is 1.59. The van der Waals surface area contributed by atoms with E-state index in [9.17, 15) is 9.59 Å². The van der Waals surface area contributed by atoms with Crippen LogP contribution in [0.2, 0.25) is 0 Å². The Morgan fingerprint density at radius 2 is 1.93 bits per heavy atom. The van der Waals surface area contributed by atoms with Crippen molar-refractivity contribution in [1.82, 2.24) is 9.55 Å². The van der Waals surface area contributed by atoms with Gasteiger partial charge in [-0.3, -0.25) is 19.1 Å². The highest BCUT2D eigenvalue weighted by atomic mass is 16.5. The zero-order valence-corrected chi connectivity index (χ0v) is 15.9. The lowest BCUT2D eigenvalue weighted by molar-refractivity contribution is -0.124. The van der Waals surface area contributed by atoms with Gasteiger partial charge in [0.1, 0.15) is 6.04 Å². The molecular weight excluding hydrogens is 356 g/mol. The Morgan fingerprint density at radius 1 is 1.18 bits per heavy atom. The van der Waals surface area contributed by atoms with Gasteiger partial charge in [0.2, 0.25) is 11.9 Å². The fourth-order valence-electron chi connectivity index (χ4n) is 3.51. The molecule has 2 heterocycles. The summed E-state index contributed by atoms with van der Waals surface area (Å²) in [6, 6.07) is 14.6. The highest BCUT2D eigenvalue weighted by Crippen LogP contribution is 2.36.